The van der Waals surface area contributed by atoms with Gasteiger partial charge in [-0.1, -0.05) is 36.4 Å². The SMILES string of the molecule is C[C@@H](C(=O)Nc1ccc(OCc2ccccc2)cc1)N(C)Cc1cccs1. The van der Waals surface area contributed by atoms with Crippen LogP contribution in [0.5, 0.6) is 5.75 Å². The molecule has 1 atom stereocenters. The molecule has 27 heavy (non-hydrogen) atoms. The third kappa shape index (κ3) is 5.67. The highest BCUT2D eigenvalue weighted by atomic mass is 32.1. The summed E-state index contributed by atoms with van der Waals surface area (Å²) in [5.74, 6) is 0.756. The maximum absolute atomic E-state index is 12.5. The summed E-state index contributed by atoms with van der Waals surface area (Å²) in [7, 11) is 1.96. The van der Waals surface area contributed by atoms with E-state index in [4.69, 9.17) is 4.74 Å². The van der Waals surface area contributed by atoms with Crippen molar-refractivity contribution in [2.45, 2.75) is 26.1 Å². The third-order valence-electron chi connectivity index (χ3n) is 4.40. The van der Waals surface area contributed by atoms with Gasteiger partial charge >= 0.3 is 0 Å². The first-order valence-electron chi connectivity index (χ1n) is 8.92. The van der Waals surface area contributed by atoms with Gasteiger partial charge in [-0.3, -0.25) is 9.69 Å². The predicted octanol–water partition coefficient (Wildman–Crippen LogP) is 4.79. The molecular formula is C22H24N2O2S. The number of likely N-dealkylation sites (N-methyl/N-ethyl adjacent to an activating group) is 1. The molecular weight excluding hydrogens is 356 g/mol. The number of nitrogens with one attached hydrogen (secondary N) is 1. The minimum Gasteiger partial charge on any atom is -0.489 e. The molecule has 1 N–H and O–H groups in total. The molecule has 0 saturated carbocycles. The van der Waals surface area contributed by atoms with Gasteiger partial charge in [0.1, 0.15) is 12.4 Å². The fourth-order valence-electron chi connectivity index (χ4n) is 2.61. The fraction of sp³-hybridized carbons (Fsp3) is 0.227. The molecule has 1 heterocycles. The van der Waals surface area contributed by atoms with E-state index < -0.39 is 0 Å². The molecule has 4 nitrogen and oxygen atoms in total. The van der Waals surface area contributed by atoms with Crippen LogP contribution in [0.15, 0.2) is 72.1 Å². The van der Waals surface area contributed by atoms with E-state index in [1.54, 1.807) is 11.3 Å². The van der Waals surface area contributed by atoms with Crippen LogP contribution >= 0.6 is 11.3 Å². The van der Waals surface area contributed by atoms with E-state index in [-0.39, 0.29) is 11.9 Å². The molecule has 5 heteroatoms. The summed E-state index contributed by atoms with van der Waals surface area (Å²) in [6, 6.07) is 21.4. The zero-order chi connectivity index (χ0) is 19.1. The Morgan fingerprint density at radius 2 is 1.81 bits per heavy atom. The lowest BCUT2D eigenvalue weighted by atomic mass is 10.2. The summed E-state index contributed by atoms with van der Waals surface area (Å²) in [5.41, 5.74) is 1.89. The van der Waals surface area contributed by atoms with Gasteiger partial charge in [0, 0.05) is 17.1 Å². The summed E-state index contributed by atoms with van der Waals surface area (Å²) in [6.07, 6.45) is 0. The number of anilines is 1. The number of hydrogen-bond acceptors (Lipinski definition) is 4. The molecule has 0 fully saturated rings. The van der Waals surface area contributed by atoms with Crippen molar-refractivity contribution in [3.8, 4) is 5.75 Å². The topological polar surface area (TPSA) is 41.6 Å². The molecule has 3 rings (SSSR count). The molecule has 140 valence electrons. The summed E-state index contributed by atoms with van der Waals surface area (Å²) >= 11 is 1.70. The van der Waals surface area contributed by atoms with Crippen molar-refractivity contribution in [1.29, 1.82) is 0 Å². The minimum absolute atomic E-state index is 0.0213. The molecule has 3 aromatic rings. The van der Waals surface area contributed by atoms with E-state index in [9.17, 15) is 4.79 Å². The quantitative estimate of drug-likeness (QED) is 0.611. The first-order valence-corrected chi connectivity index (χ1v) is 9.80. The van der Waals surface area contributed by atoms with Gasteiger partial charge in [-0.2, -0.15) is 0 Å². The van der Waals surface area contributed by atoms with Crippen LogP contribution in [0.1, 0.15) is 17.4 Å². The minimum atomic E-state index is -0.221. The van der Waals surface area contributed by atoms with Gasteiger partial charge in [-0.15, -0.1) is 11.3 Å². The molecule has 2 aromatic carbocycles. The third-order valence-corrected chi connectivity index (χ3v) is 5.26. The summed E-state index contributed by atoms with van der Waals surface area (Å²) < 4.78 is 5.78. The number of ether oxygens (including phenoxy) is 1. The Morgan fingerprint density at radius 1 is 1.07 bits per heavy atom. The molecule has 0 unspecified atom stereocenters. The Bertz CT molecular complexity index is 833. The second-order valence-electron chi connectivity index (χ2n) is 6.46. The van der Waals surface area contributed by atoms with Crippen molar-refractivity contribution >= 4 is 22.9 Å². The molecule has 0 bridgehead atoms. The Balaban J connectivity index is 1.50. The zero-order valence-electron chi connectivity index (χ0n) is 15.6. The lowest BCUT2D eigenvalue weighted by Gasteiger charge is -2.23. The van der Waals surface area contributed by atoms with Gasteiger partial charge in [-0.05, 0) is 55.2 Å². The first-order chi connectivity index (χ1) is 13.1. The predicted molar refractivity (Wildman–Crippen MR) is 111 cm³/mol. The number of hydrogen-bond donors (Lipinski definition) is 1. The van der Waals surface area contributed by atoms with Crippen LogP contribution < -0.4 is 10.1 Å². The number of nitrogens with zero attached hydrogens (tertiary/aromatic N) is 1. The second kappa shape index (κ2) is 9.35. The average molecular weight is 381 g/mol. The highest BCUT2D eigenvalue weighted by molar-refractivity contribution is 7.09. The number of benzene rings is 2. The van der Waals surface area contributed by atoms with Crippen LogP contribution in [-0.2, 0) is 17.9 Å². The normalized spacial score (nSPS) is 12.0. The molecule has 0 saturated heterocycles. The smallest absolute Gasteiger partial charge is 0.241 e. The van der Waals surface area contributed by atoms with Crippen LogP contribution in [0.2, 0.25) is 0 Å². The van der Waals surface area contributed by atoms with Crippen molar-refractivity contribution in [2.75, 3.05) is 12.4 Å². The first kappa shape index (κ1) is 19.1. The van der Waals surface area contributed by atoms with E-state index in [2.05, 4.69) is 16.8 Å². The Morgan fingerprint density at radius 3 is 2.48 bits per heavy atom. The van der Waals surface area contributed by atoms with Crippen LogP contribution in [0.4, 0.5) is 5.69 Å². The number of amides is 1. The molecule has 0 radical (unpaired) electrons. The number of rotatable bonds is 8. The molecule has 0 aliphatic heterocycles. The number of thiophene rings is 1. The van der Waals surface area contributed by atoms with Gasteiger partial charge in [-0.25, -0.2) is 0 Å². The second-order valence-corrected chi connectivity index (χ2v) is 7.49. The van der Waals surface area contributed by atoms with Crippen LogP contribution in [0.25, 0.3) is 0 Å². The molecule has 0 spiro atoms. The molecule has 1 amide bonds. The molecule has 0 aliphatic carbocycles. The van der Waals surface area contributed by atoms with Crippen LogP contribution in [-0.4, -0.2) is 23.9 Å². The van der Waals surface area contributed by atoms with E-state index in [1.165, 1.54) is 4.88 Å². The summed E-state index contributed by atoms with van der Waals surface area (Å²) in [4.78, 5) is 15.8. The highest BCUT2D eigenvalue weighted by Gasteiger charge is 2.18. The molecule has 0 aliphatic rings. The van der Waals surface area contributed by atoms with Gasteiger partial charge < -0.3 is 10.1 Å². The Kier molecular flexibility index (Phi) is 6.63. The van der Waals surface area contributed by atoms with E-state index in [1.807, 2.05) is 79.5 Å². The summed E-state index contributed by atoms with van der Waals surface area (Å²) in [5, 5.41) is 5.02. The van der Waals surface area contributed by atoms with Crippen molar-refractivity contribution in [3.63, 3.8) is 0 Å². The number of carbonyl (C=O) groups is 1. The van der Waals surface area contributed by atoms with E-state index in [0.717, 1.165) is 23.5 Å². The molecule has 1 aromatic heterocycles. The van der Waals surface area contributed by atoms with Crippen molar-refractivity contribution in [2.24, 2.45) is 0 Å². The van der Waals surface area contributed by atoms with Crippen LogP contribution in [0, 0.1) is 0 Å². The van der Waals surface area contributed by atoms with Crippen LogP contribution in [0.3, 0.4) is 0 Å². The van der Waals surface area contributed by atoms with Crippen molar-refractivity contribution in [1.82, 2.24) is 4.90 Å². The van der Waals surface area contributed by atoms with Gasteiger partial charge in [0.15, 0.2) is 0 Å². The van der Waals surface area contributed by atoms with E-state index >= 15 is 0 Å². The fourth-order valence-corrected chi connectivity index (χ4v) is 3.37. The van der Waals surface area contributed by atoms with Gasteiger partial charge in [0.25, 0.3) is 0 Å². The standard InChI is InChI=1S/C22H24N2O2S/c1-17(24(2)15-21-9-6-14-27-21)22(25)23-19-10-12-20(13-11-19)26-16-18-7-4-3-5-8-18/h3-14,17H,15-16H2,1-2H3,(H,23,25)/t17-/m0/s1. The highest BCUT2D eigenvalue weighted by Crippen LogP contribution is 2.18. The van der Waals surface area contributed by atoms with Crippen molar-refractivity contribution in [3.05, 3.63) is 82.6 Å². The Labute approximate surface area is 164 Å². The zero-order valence-corrected chi connectivity index (χ0v) is 16.4. The monoisotopic (exact) mass is 380 g/mol. The van der Waals surface area contributed by atoms with Gasteiger partial charge in [0.2, 0.25) is 5.91 Å². The Hall–Kier alpha value is -2.63. The van der Waals surface area contributed by atoms with Gasteiger partial charge in [0.05, 0.1) is 6.04 Å². The van der Waals surface area contributed by atoms with E-state index in [0.29, 0.717) is 6.61 Å². The maximum Gasteiger partial charge on any atom is 0.241 e. The lowest BCUT2D eigenvalue weighted by Crippen LogP contribution is -2.39. The average Bonchev–Trinajstić information content (AvgIpc) is 3.20. The number of carbonyl (C=O) groups excluding carboxylic acids is 1. The lowest BCUT2D eigenvalue weighted by molar-refractivity contribution is -0.120. The maximum atomic E-state index is 12.5. The van der Waals surface area contributed by atoms with Crippen molar-refractivity contribution < 1.29 is 9.53 Å². The largest absolute Gasteiger partial charge is 0.489 e. The summed E-state index contributed by atoms with van der Waals surface area (Å²) in [6.45, 7) is 3.20.